The van der Waals surface area contributed by atoms with Crippen LogP contribution in [-0.2, 0) is 24.0 Å². The Morgan fingerprint density at radius 3 is 1.49 bits per heavy atom. The first-order valence-corrected chi connectivity index (χ1v) is 11.9. The lowest BCUT2D eigenvalue weighted by molar-refractivity contribution is -0.143. The molecule has 12 nitrogen and oxygen atoms in total. The molecular formula is C23H43N5O7. The van der Waals surface area contributed by atoms with Crippen LogP contribution in [0, 0.1) is 17.8 Å². The second-order valence-electron chi connectivity index (χ2n) is 9.98. The molecule has 202 valence electrons. The van der Waals surface area contributed by atoms with Crippen molar-refractivity contribution in [3.63, 3.8) is 0 Å². The summed E-state index contributed by atoms with van der Waals surface area (Å²) in [5, 5.41) is 28.3. The highest BCUT2D eigenvalue weighted by atomic mass is 16.4. The minimum absolute atomic E-state index is 0.0169. The Hall–Kier alpha value is -2.73. The summed E-state index contributed by atoms with van der Waals surface area (Å²) in [6.45, 7) is 10.1. The van der Waals surface area contributed by atoms with Gasteiger partial charge in [0.2, 0.25) is 23.6 Å². The van der Waals surface area contributed by atoms with E-state index in [1.54, 1.807) is 0 Å². The maximum absolute atomic E-state index is 13.0. The largest absolute Gasteiger partial charge is 0.480 e. The van der Waals surface area contributed by atoms with Gasteiger partial charge in [0.05, 0.1) is 13.2 Å². The topological polar surface area (TPSA) is 200 Å². The summed E-state index contributed by atoms with van der Waals surface area (Å²) in [5.41, 5.74) is 5.39. The van der Waals surface area contributed by atoms with Crippen molar-refractivity contribution in [3.05, 3.63) is 0 Å². The number of rotatable bonds is 16. The molecular weight excluding hydrogens is 458 g/mol. The highest BCUT2D eigenvalue weighted by Crippen LogP contribution is 2.11. The highest BCUT2D eigenvalue weighted by molar-refractivity contribution is 5.94. The number of nitrogens with one attached hydrogen (secondary N) is 4. The van der Waals surface area contributed by atoms with Crippen LogP contribution in [0.3, 0.4) is 0 Å². The van der Waals surface area contributed by atoms with Gasteiger partial charge < -0.3 is 37.2 Å². The molecule has 0 unspecified atom stereocenters. The number of aliphatic carboxylic acids is 1. The summed E-state index contributed by atoms with van der Waals surface area (Å²) >= 11 is 0. The number of carboxylic acids is 1. The molecule has 0 rings (SSSR count). The van der Waals surface area contributed by atoms with E-state index < -0.39 is 66.9 Å². The van der Waals surface area contributed by atoms with Crippen molar-refractivity contribution < 1.29 is 34.2 Å². The maximum Gasteiger partial charge on any atom is 0.326 e. The van der Waals surface area contributed by atoms with Crippen molar-refractivity contribution in [2.45, 2.75) is 85.0 Å². The second-order valence-corrected chi connectivity index (χ2v) is 9.98. The summed E-state index contributed by atoms with van der Waals surface area (Å²) in [4.78, 5) is 61.5. The average Bonchev–Trinajstić information content (AvgIpc) is 2.74. The van der Waals surface area contributed by atoms with Crippen LogP contribution in [0.2, 0.25) is 0 Å². The number of nitrogens with two attached hydrogens (primary N) is 1. The van der Waals surface area contributed by atoms with Gasteiger partial charge in [-0.15, -0.1) is 0 Å². The number of amides is 4. The first kappa shape index (κ1) is 32.3. The molecule has 0 aliphatic carbocycles. The van der Waals surface area contributed by atoms with Gasteiger partial charge in [0.25, 0.3) is 0 Å². The van der Waals surface area contributed by atoms with E-state index in [0.717, 1.165) is 0 Å². The normalized spacial score (nSPS) is 14.7. The van der Waals surface area contributed by atoms with Crippen LogP contribution in [0.4, 0.5) is 0 Å². The third-order valence-electron chi connectivity index (χ3n) is 4.98. The Labute approximate surface area is 207 Å². The van der Waals surface area contributed by atoms with Gasteiger partial charge in [-0.05, 0) is 37.0 Å². The predicted molar refractivity (Wildman–Crippen MR) is 130 cm³/mol. The van der Waals surface area contributed by atoms with Crippen LogP contribution < -0.4 is 27.0 Å². The number of carbonyl (C=O) groups is 5. The molecule has 0 radical (unpaired) electrons. The Kier molecular flexibility index (Phi) is 14.8. The lowest BCUT2D eigenvalue weighted by Gasteiger charge is -2.26. The number of carbonyl (C=O) groups excluding carboxylic acids is 4. The molecule has 0 aromatic heterocycles. The first-order valence-electron chi connectivity index (χ1n) is 11.9. The Morgan fingerprint density at radius 2 is 1.09 bits per heavy atom. The molecule has 0 fully saturated rings. The fourth-order valence-corrected chi connectivity index (χ4v) is 3.27. The number of aliphatic hydroxyl groups excluding tert-OH is 1. The van der Waals surface area contributed by atoms with Crippen LogP contribution in [-0.4, -0.2) is 77.1 Å². The smallest absolute Gasteiger partial charge is 0.326 e. The zero-order chi connectivity index (χ0) is 27.3. The second kappa shape index (κ2) is 16.0. The van der Waals surface area contributed by atoms with E-state index in [1.165, 1.54) is 0 Å². The summed E-state index contributed by atoms with van der Waals surface area (Å²) < 4.78 is 0. The molecule has 8 N–H and O–H groups in total. The van der Waals surface area contributed by atoms with Gasteiger partial charge in [0.1, 0.15) is 24.2 Å². The number of hydrogen-bond acceptors (Lipinski definition) is 7. The van der Waals surface area contributed by atoms with Gasteiger partial charge >= 0.3 is 5.97 Å². The van der Waals surface area contributed by atoms with Crippen molar-refractivity contribution in [1.82, 2.24) is 21.3 Å². The van der Waals surface area contributed by atoms with E-state index in [4.69, 9.17) is 10.8 Å². The molecule has 35 heavy (non-hydrogen) atoms. The van der Waals surface area contributed by atoms with E-state index in [1.807, 2.05) is 41.5 Å². The standard InChI is InChI=1S/C23H43N5O7/c1-12(2)7-16(26-19(30)10-25-20(31)15(24)11-29)21(32)27-17(8-13(3)4)22(33)28-18(23(34)35)9-14(5)6/h12-18,29H,7-11,24H2,1-6H3,(H,25,31)(H,26,30)(H,27,32)(H,28,33)(H,34,35)/t15-,16-,17-,18-/m0/s1. The minimum Gasteiger partial charge on any atom is -0.480 e. The molecule has 0 spiro atoms. The zero-order valence-electron chi connectivity index (χ0n) is 21.6. The molecule has 0 aromatic carbocycles. The van der Waals surface area contributed by atoms with Gasteiger partial charge in [0.15, 0.2) is 0 Å². The van der Waals surface area contributed by atoms with Crippen LogP contribution in [0.1, 0.15) is 60.8 Å². The molecule has 0 saturated carbocycles. The SMILES string of the molecule is CC(C)C[C@H](NC(=O)[C@H](CC(C)C)NC(=O)[C@H](CC(C)C)NC(=O)CNC(=O)[C@@H](N)CO)C(=O)O. The van der Waals surface area contributed by atoms with Crippen molar-refractivity contribution in [1.29, 1.82) is 0 Å². The van der Waals surface area contributed by atoms with Crippen LogP contribution >= 0.6 is 0 Å². The monoisotopic (exact) mass is 501 g/mol. The summed E-state index contributed by atoms with van der Waals surface area (Å²) in [7, 11) is 0. The van der Waals surface area contributed by atoms with Crippen LogP contribution in [0.5, 0.6) is 0 Å². The fourth-order valence-electron chi connectivity index (χ4n) is 3.27. The van der Waals surface area contributed by atoms with Gasteiger partial charge in [-0.25, -0.2) is 4.79 Å². The Morgan fingerprint density at radius 1 is 0.686 bits per heavy atom. The molecule has 12 heteroatoms. The quantitative estimate of drug-likeness (QED) is 0.141. The lowest BCUT2D eigenvalue weighted by atomic mass is 9.99. The van der Waals surface area contributed by atoms with Crippen molar-refractivity contribution in [2.24, 2.45) is 23.5 Å². The molecule has 0 aliphatic heterocycles. The number of carboxylic acid groups (broad SMARTS) is 1. The van der Waals surface area contributed by atoms with E-state index in [9.17, 15) is 29.1 Å². The van der Waals surface area contributed by atoms with Crippen molar-refractivity contribution in [3.8, 4) is 0 Å². The van der Waals surface area contributed by atoms with Crippen LogP contribution in [0.25, 0.3) is 0 Å². The third-order valence-corrected chi connectivity index (χ3v) is 4.98. The predicted octanol–water partition coefficient (Wildman–Crippen LogP) is -0.900. The summed E-state index contributed by atoms with van der Waals surface area (Å²) in [6.07, 6.45) is 0.771. The van der Waals surface area contributed by atoms with Gasteiger partial charge in [-0.1, -0.05) is 41.5 Å². The lowest BCUT2D eigenvalue weighted by Crippen LogP contribution is -2.57. The number of aliphatic hydroxyl groups is 1. The average molecular weight is 502 g/mol. The minimum atomic E-state index is -1.17. The van der Waals surface area contributed by atoms with Gasteiger partial charge in [-0.2, -0.15) is 0 Å². The highest BCUT2D eigenvalue weighted by Gasteiger charge is 2.30. The molecule has 0 bridgehead atoms. The fraction of sp³-hybridized carbons (Fsp3) is 0.783. The summed E-state index contributed by atoms with van der Waals surface area (Å²) in [6, 6.07) is -4.24. The third kappa shape index (κ3) is 13.7. The molecule has 4 amide bonds. The van der Waals surface area contributed by atoms with Crippen LogP contribution in [0.15, 0.2) is 0 Å². The summed E-state index contributed by atoms with van der Waals surface area (Å²) in [5.74, 6) is -3.65. The van der Waals surface area contributed by atoms with Crippen molar-refractivity contribution in [2.75, 3.05) is 13.2 Å². The molecule has 0 heterocycles. The van der Waals surface area contributed by atoms with Crippen molar-refractivity contribution >= 4 is 29.6 Å². The number of hydrogen-bond donors (Lipinski definition) is 7. The molecule has 4 atom stereocenters. The van der Waals surface area contributed by atoms with Gasteiger partial charge in [0, 0.05) is 0 Å². The molecule has 0 aliphatic rings. The maximum atomic E-state index is 13.0. The first-order chi connectivity index (χ1) is 16.2. The molecule has 0 saturated heterocycles. The van der Waals surface area contributed by atoms with E-state index in [-0.39, 0.29) is 37.0 Å². The van der Waals surface area contributed by atoms with Gasteiger partial charge in [-0.3, -0.25) is 19.2 Å². The Balaban J connectivity index is 5.40. The van der Waals surface area contributed by atoms with E-state index in [0.29, 0.717) is 0 Å². The zero-order valence-corrected chi connectivity index (χ0v) is 21.6. The Bertz CT molecular complexity index is 727. The van der Waals surface area contributed by atoms with E-state index in [2.05, 4.69) is 21.3 Å². The van der Waals surface area contributed by atoms with E-state index >= 15 is 0 Å². The molecule has 0 aromatic rings.